The summed E-state index contributed by atoms with van der Waals surface area (Å²) < 4.78 is 11.7. The second-order valence-corrected chi connectivity index (χ2v) is 8.13. The van der Waals surface area contributed by atoms with E-state index in [-0.39, 0.29) is 16.8 Å². The fourth-order valence-electron chi connectivity index (χ4n) is 3.46. The SMILES string of the molecule is Cc1cccc(C2CC2)c1Oc1nnc(Cl)cc1OC(=O)N1CCC(C)CC1. The summed E-state index contributed by atoms with van der Waals surface area (Å²) in [4.78, 5) is 14.3. The molecule has 148 valence electrons. The van der Waals surface area contributed by atoms with Crippen molar-refractivity contribution in [1.82, 2.24) is 15.1 Å². The number of piperidine rings is 1. The highest BCUT2D eigenvalue weighted by Gasteiger charge is 2.29. The molecule has 28 heavy (non-hydrogen) atoms. The molecule has 7 heteroatoms. The first-order valence-corrected chi connectivity index (χ1v) is 10.2. The maximum atomic E-state index is 12.6. The zero-order chi connectivity index (χ0) is 19.7. The highest BCUT2D eigenvalue weighted by Crippen LogP contribution is 2.46. The normalized spacial score (nSPS) is 17.5. The summed E-state index contributed by atoms with van der Waals surface area (Å²) in [6.45, 7) is 5.56. The molecule has 1 amide bonds. The van der Waals surface area contributed by atoms with Gasteiger partial charge in [0.15, 0.2) is 10.9 Å². The molecule has 6 nitrogen and oxygen atoms in total. The molecule has 0 spiro atoms. The van der Waals surface area contributed by atoms with Crippen LogP contribution in [0.4, 0.5) is 4.79 Å². The largest absolute Gasteiger partial charge is 0.434 e. The van der Waals surface area contributed by atoms with Crippen molar-refractivity contribution in [3.63, 3.8) is 0 Å². The molecule has 2 aliphatic rings. The van der Waals surface area contributed by atoms with E-state index >= 15 is 0 Å². The molecule has 1 aromatic carbocycles. The summed E-state index contributed by atoms with van der Waals surface area (Å²) in [5.74, 6) is 2.23. The third-order valence-corrected chi connectivity index (χ3v) is 5.58. The first kappa shape index (κ1) is 19.0. The van der Waals surface area contributed by atoms with Gasteiger partial charge in [-0.2, -0.15) is 0 Å². The third kappa shape index (κ3) is 4.22. The van der Waals surface area contributed by atoms with Crippen LogP contribution < -0.4 is 9.47 Å². The van der Waals surface area contributed by atoms with Crippen LogP contribution >= 0.6 is 11.6 Å². The Hall–Kier alpha value is -2.34. The predicted molar refractivity (Wildman–Crippen MR) is 106 cm³/mol. The van der Waals surface area contributed by atoms with Gasteiger partial charge in [-0.05, 0) is 55.6 Å². The summed E-state index contributed by atoms with van der Waals surface area (Å²) in [5.41, 5.74) is 2.16. The van der Waals surface area contributed by atoms with Gasteiger partial charge in [0.2, 0.25) is 0 Å². The topological polar surface area (TPSA) is 64.6 Å². The van der Waals surface area contributed by atoms with Gasteiger partial charge in [0.05, 0.1) is 0 Å². The number of carbonyl (C=O) groups excluding carboxylic acids is 1. The van der Waals surface area contributed by atoms with Crippen LogP contribution in [0.1, 0.15) is 49.7 Å². The minimum absolute atomic E-state index is 0.148. The minimum Gasteiger partial charge on any atom is -0.434 e. The third-order valence-electron chi connectivity index (χ3n) is 5.39. The molecule has 2 aromatic rings. The molecular formula is C21H24ClN3O3. The van der Waals surface area contributed by atoms with E-state index in [1.54, 1.807) is 4.90 Å². The van der Waals surface area contributed by atoms with Gasteiger partial charge in [0, 0.05) is 19.2 Å². The van der Waals surface area contributed by atoms with E-state index in [0.29, 0.717) is 24.9 Å². The second kappa shape index (κ2) is 7.95. The summed E-state index contributed by atoms with van der Waals surface area (Å²) >= 11 is 6.00. The monoisotopic (exact) mass is 401 g/mol. The van der Waals surface area contributed by atoms with E-state index < -0.39 is 6.09 Å². The Kier molecular flexibility index (Phi) is 5.40. The lowest BCUT2D eigenvalue weighted by molar-refractivity contribution is 0.132. The van der Waals surface area contributed by atoms with Gasteiger partial charge in [-0.3, -0.25) is 0 Å². The Bertz CT molecular complexity index is 877. The van der Waals surface area contributed by atoms with Gasteiger partial charge in [-0.15, -0.1) is 10.2 Å². The number of benzene rings is 1. The summed E-state index contributed by atoms with van der Waals surface area (Å²) in [6.07, 6.45) is 3.85. The number of nitrogens with zero attached hydrogens (tertiary/aromatic N) is 3. The zero-order valence-electron chi connectivity index (χ0n) is 16.2. The molecule has 0 bridgehead atoms. The van der Waals surface area contributed by atoms with Crippen LogP contribution in [0, 0.1) is 12.8 Å². The Morgan fingerprint density at radius 2 is 1.93 bits per heavy atom. The van der Waals surface area contributed by atoms with Gasteiger partial charge in [0.1, 0.15) is 5.75 Å². The molecule has 0 unspecified atom stereocenters. The van der Waals surface area contributed by atoms with Crippen LogP contribution in [0.3, 0.4) is 0 Å². The number of aryl methyl sites for hydroxylation is 1. The van der Waals surface area contributed by atoms with E-state index in [2.05, 4.69) is 23.2 Å². The van der Waals surface area contributed by atoms with Gasteiger partial charge >= 0.3 is 6.09 Å². The Morgan fingerprint density at radius 3 is 2.64 bits per heavy atom. The van der Waals surface area contributed by atoms with E-state index in [0.717, 1.165) is 42.6 Å². The molecule has 1 saturated carbocycles. The number of rotatable bonds is 4. The first-order chi connectivity index (χ1) is 13.5. The van der Waals surface area contributed by atoms with Crippen molar-refractivity contribution < 1.29 is 14.3 Å². The van der Waals surface area contributed by atoms with Crippen molar-refractivity contribution in [3.8, 4) is 17.4 Å². The first-order valence-electron chi connectivity index (χ1n) is 9.78. The van der Waals surface area contributed by atoms with Gasteiger partial charge in [0.25, 0.3) is 5.88 Å². The molecule has 0 atom stereocenters. The number of ether oxygens (including phenoxy) is 2. The average Bonchev–Trinajstić information content (AvgIpc) is 3.51. The maximum Gasteiger partial charge on any atom is 0.415 e. The Balaban J connectivity index is 1.57. The number of halogens is 1. The van der Waals surface area contributed by atoms with Crippen molar-refractivity contribution in [2.45, 2.75) is 45.4 Å². The van der Waals surface area contributed by atoms with Crippen molar-refractivity contribution in [3.05, 3.63) is 40.5 Å². The van der Waals surface area contributed by atoms with Gasteiger partial charge < -0.3 is 14.4 Å². The van der Waals surface area contributed by atoms with Crippen LogP contribution in [0.15, 0.2) is 24.3 Å². The van der Waals surface area contributed by atoms with Crippen LogP contribution in [0.2, 0.25) is 5.15 Å². The molecule has 4 rings (SSSR count). The van der Waals surface area contributed by atoms with Crippen LogP contribution in [-0.2, 0) is 0 Å². The molecular weight excluding hydrogens is 378 g/mol. The average molecular weight is 402 g/mol. The zero-order valence-corrected chi connectivity index (χ0v) is 16.9. The van der Waals surface area contributed by atoms with E-state index in [4.69, 9.17) is 21.1 Å². The molecule has 0 N–H and O–H groups in total. The van der Waals surface area contributed by atoms with Crippen LogP contribution in [0.25, 0.3) is 0 Å². The molecule has 1 aromatic heterocycles. The van der Waals surface area contributed by atoms with Crippen LogP contribution in [0.5, 0.6) is 17.4 Å². The van der Waals surface area contributed by atoms with Crippen molar-refractivity contribution in [2.24, 2.45) is 5.92 Å². The predicted octanol–water partition coefficient (Wildman–Crippen LogP) is 5.34. The lowest BCUT2D eigenvalue weighted by atomic mass is 10.00. The maximum absolute atomic E-state index is 12.6. The van der Waals surface area contributed by atoms with E-state index in [1.807, 2.05) is 19.1 Å². The molecule has 1 aliphatic heterocycles. The highest BCUT2D eigenvalue weighted by molar-refractivity contribution is 6.29. The molecule has 1 saturated heterocycles. The molecule has 2 heterocycles. The lowest BCUT2D eigenvalue weighted by Crippen LogP contribution is -2.39. The highest BCUT2D eigenvalue weighted by atomic mass is 35.5. The van der Waals surface area contributed by atoms with Gasteiger partial charge in [-0.25, -0.2) is 4.79 Å². The fourth-order valence-corrected chi connectivity index (χ4v) is 3.60. The smallest absolute Gasteiger partial charge is 0.415 e. The fraction of sp³-hybridized carbons (Fsp3) is 0.476. The van der Waals surface area contributed by atoms with Crippen LogP contribution in [-0.4, -0.2) is 34.3 Å². The van der Waals surface area contributed by atoms with Gasteiger partial charge in [-0.1, -0.05) is 36.7 Å². The Labute approximate surface area is 169 Å². The molecule has 1 aliphatic carbocycles. The van der Waals surface area contributed by atoms with E-state index in [9.17, 15) is 4.79 Å². The molecule has 0 radical (unpaired) electrons. The van der Waals surface area contributed by atoms with Crippen molar-refractivity contribution in [2.75, 3.05) is 13.1 Å². The number of likely N-dealkylation sites (tertiary alicyclic amines) is 1. The summed E-state index contributed by atoms with van der Waals surface area (Å²) in [6, 6.07) is 7.57. The van der Waals surface area contributed by atoms with Crippen molar-refractivity contribution >= 4 is 17.7 Å². The Morgan fingerprint density at radius 1 is 1.18 bits per heavy atom. The minimum atomic E-state index is -0.409. The summed E-state index contributed by atoms with van der Waals surface area (Å²) in [7, 11) is 0. The van der Waals surface area contributed by atoms with Crippen molar-refractivity contribution in [1.29, 1.82) is 0 Å². The number of amides is 1. The quantitative estimate of drug-likeness (QED) is 0.691. The second-order valence-electron chi connectivity index (χ2n) is 7.74. The number of hydrogen-bond donors (Lipinski definition) is 0. The molecule has 2 fully saturated rings. The number of para-hydroxylation sites is 1. The standard InChI is InChI=1S/C21H24ClN3O3/c1-13-8-10-25(11-9-13)21(26)27-17-12-18(22)23-24-20(17)28-19-14(2)4-3-5-16(19)15-6-7-15/h3-5,12-13,15H,6-11H2,1-2H3. The lowest BCUT2D eigenvalue weighted by Gasteiger charge is -2.29. The summed E-state index contributed by atoms with van der Waals surface area (Å²) in [5, 5.41) is 8.06. The number of carbonyl (C=O) groups is 1. The number of hydrogen-bond acceptors (Lipinski definition) is 5. The van der Waals surface area contributed by atoms with E-state index in [1.165, 1.54) is 6.07 Å². The number of aromatic nitrogens is 2.